The third-order valence-electron chi connectivity index (χ3n) is 3.19. The van der Waals surface area contributed by atoms with Crippen LogP contribution in [0.5, 0.6) is 0 Å². The molecule has 0 bridgehead atoms. The first-order valence-electron chi connectivity index (χ1n) is 6.75. The van der Waals surface area contributed by atoms with E-state index in [1.807, 2.05) is 20.8 Å². The molecule has 0 saturated heterocycles. The summed E-state index contributed by atoms with van der Waals surface area (Å²) >= 11 is 0. The van der Waals surface area contributed by atoms with Crippen LogP contribution >= 0.6 is 0 Å². The van der Waals surface area contributed by atoms with E-state index in [9.17, 15) is 22.8 Å². The predicted molar refractivity (Wildman–Crippen MR) is 72.7 cm³/mol. The maximum Gasteiger partial charge on any atom is 0.394 e. The van der Waals surface area contributed by atoms with Crippen LogP contribution in [0.15, 0.2) is 0 Å². The van der Waals surface area contributed by atoms with Crippen molar-refractivity contribution in [3.8, 4) is 0 Å². The van der Waals surface area contributed by atoms with Crippen molar-refractivity contribution in [2.45, 2.75) is 66.1 Å². The Hall–Kier alpha value is -1.27. The zero-order chi connectivity index (χ0) is 17.1. The van der Waals surface area contributed by atoms with E-state index in [0.29, 0.717) is 6.42 Å². The van der Waals surface area contributed by atoms with Crippen LogP contribution in [0.4, 0.5) is 13.2 Å². The molecule has 0 spiro atoms. The topological polar surface area (TPSA) is 66.4 Å². The highest BCUT2D eigenvalue weighted by molar-refractivity contribution is 5.83. The molecule has 0 aliphatic rings. The van der Waals surface area contributed by atoms with E-state index in [4.69, 9.17) is 5.11 Å². The Labute approximate surface area is 123 Å². The molecular formula is C14H24F3NO3. The highest BCUT2D eigenvalue weighted by Gasteiger charge is 2.48. The smallest absolute Gasteiger partial charge is 0.394 e. The van der Waals surface area contributed by atoms with E-state index in [2.05, 4.69) is 5.32 Å². The summed E-state index contributed by atoms with van der Waals surface area (Å²) in [5, 5.41) is 11.2. The minimum atomic E-state index is -4.52. The lowest BCUT2D eigenvalue weighted by molar-refractivity contribution is -0.213. The van der Waals surface area contributed by atoms with Gasteiger partial charge >= 0.3 is 12.1 Å². The van der Waals surface area contributed by atoms with Gasteiger partial charge in [0, 0.05) is 6.42 Å². The molecule has 0 aliphatic heterocycles. The molecule has 4 nitrogen and oxygen atoms in total. The van der Waals surface area contributed by atoms with Crippen molar-refractivity contribution in [1.82, 2.24) is 5.32 Å². The molecule has 0 aromatic rings. The Bertz CT molecular complexity index is 384. The Kier molecular flexibility index (Phi) is 6.26. The summed E-state index contributed by atoms with van der Waals surface area (Å²) in [6.07, 6.45) is -4.60. The molecule has 1 unspecified atom stereocenters. The van der Waals surface area contributed by atoms with Crippen LogP contribution in [-0.2, 0) is 9.59 Å². The molecule has 7 heteroatoms. The molecule has 21 heavy (non-hydrogen) atoms. The van der Waals surface area contributed by atoms with Crippen LogP contribution in [-0.4, -0.2) is 29.2 Å². The van der Waals surface area contributed by atoms with Crippen LogP contribution in [0.3, 0.4) is 0 Å². The first-order chi connectivity index (χ1) is 9.16. The minimum Gasteiger partial charge on any atom is -0.480 e. The van der Waals surface area contributed by atoms with E-state index < -0.39 is 35.9 Å². The third-order valence-corrected chi connectivity index (χ3v) is 3.19. The number of nitrogens with one attached hydrogen (secondary N) is 1. The van der Waals surface area contributed by atoms with Crippen LogP contribution in [0.2, 0.25) is 0 Å². The van der Waals surface area contributed by atoms with Crippen LogP contribution < -0.4 is 5.32 Å². The van der Waals surface area contributed by atoms with Crippen molar-refractivity contribution in [3.63, 3.8) is 0 Å². The van der Waals surface area contributed by atoms with Gasteiger partial charge in [0.15, 0.2) is 0 Å². The molecule has 0 aromatic heterocycles. The van der Waals surface area contributed by atoms with Crippen molar-refractivity contribution in [1.29, 1.82) is 0 Å². The number of carbonyl (C=O) groups is 2. The molecule has 0 fully saturated rings. The normalized spacial score (nSPS) is 14.7. The Morgan fingerprint density at radius 2 is 1.57 bits per heavy atom. The van der Waals surface area contributed by atoms with Gasteiger partial charge in [0.2, 0.25) is 5.91 Å². The number of carbonyl (C=O) groups excluding carboxylic acids is 1. The summed E-state index contributed by atoms with van der Waals surface area (Å²) in [7, 11) is 0. The van der Waals surface area contributed by atoms with Crippen molar-refractivity contribution in [3.05, 3.63) is 0 Å². The zero-order valence-electron chi connectivity index (χ0n) is 13.1. The third kappa shape index (κ3) is 7.34. The summed E-state index contributed by atoms with van der Waals surface area (Å²) in [5.41, 5.74) is -2.31. The molecule has 1 amide bonds. The van der Waals surface area contributed by atoms with Gasteiger partial charge in [0.25, 0.3) is 0 Å². The molecule has 0 aliphatic carbocycles. The molecule has 124 valence electrons. The number of carboxylic acid groups (broad SMARTS) is 1. The second kappa shape index (κ2) is 6.66. The number of rotatable bonds is 6. The number of carboxylic acids is 1. The lowest BCUT2D eigenvalue weighted by Crippen LogP contribution is -2.45. The van der Waals surface area contributed by atoms with Crippen LogP contribution in [0.25, 0.3) is 0 Å². The fourth-order valence-corrected chi connectivity index (χ4v) is 1.58. The van der Waals surface area contributed by atoms with E-state index in [-0.39, 0.29) is 11.8 Å². The van der Waals surface area contributed by atoms with Gasteiger partial charge in [-0.05, 0) is 18.3 Å². The maximum atomic E-state index is 12.7. The lowest BCUT2D eigenvalue weighted by Gasteiger charge is -2.28. The Balaban J connectivity index is 4.67. The fraction of sp³-hybridized carbons (Fsp3) is 0.857. The minimum absolute atomic E-state index is 0.121. The van der Waals surface area contributed by atoms with Gasteiger partial charge in [-0.2, -0.15) is 13.2 Å². The summed E-state index contributed by atoms with van der Waals surface area (Å²) in [5.74, 6) is -2.14. The van der Waals surface area contributed by atoms with Crippen LogP contribution in [0.1, 0.15) is 53.9 Å². The molecule has 0 saturated carbocycles. The second-order valence-corrected chi connectivity index (χ2v) is 7.12. The van der Waals surface area contributed by atoms with Gasteiger partial charge in [-0.25, -0.2) is 4.79 Å². The Morgan fingerprint density at radius 3 is 1.90 bits per heavy atom. The lowest BCUT2D eigenvalue weighted by atomic mass is 9.87. The van der Waals surface area contributed by atoms with E-state index in [1.165, 1.54) is 0 Å². The summed E-state index contributed by atoms with van der Waals surface area (Å²) in [4.78, 5) is 22.7. The number of hydrogen-bond acceptors (Lipinski definition) is 2. The SMILES string of the molecule is CC(C)(C)CCC(NC(=O)CC(C)(C)C(F)(F)F)C(=O)O. The number of aliphatic carboxylic acids is 1. The monoisotopic (exact) mass is 311 g/mol. The number of amides is 1. The zero-order valence-corrected chi connectivity index (χ0v) is 13.1. The van der Waals surface area contributed by atoms with Crippen molar-refractivity contribution in [2.24, 2.45) is 10.8 Å². The molecule has 2 N–H and O–H groups in total. The van der Waals surface area contributed by atoms with Gasteiger partial charge in [-0.3, -0.25) is 4.79 Å². The second-order valence-electron chi connectivity index (χ2n) is 7.12. The maximum absolute atomic E-state index is 12.7. The van der Waals surface area contributed by atoms with E-state index in [0.717, 1.165) is 13.8 Å². The first kappa shape index (κ1) is 19.7. The largest absolute Gasteiger partial charge is 0.480 e. The van der Waals surface area contributed by atoms with Gasteiger partial charge < -0.3 is 10.4 Å². The molecule has 0 heterocycles. The highest BCUT2D eigenvalue weighted by Crippen LogP contribution is 2.40. The highest BCUT2D eigenvalue weighted by atomic mass is 19.4. The average molecular weight is 311 g/mol. The van der Waals surface area contributed by atoms with Crippen molar-refractivity contribution < 1.29 is 27.9 Å². The standard InChI is InChI=1S/C14H24F3NO3/c1-12(2,3)7-6-9(11(20)21)18-10(19)8-13(4,5)14(15,16)17/h9H,6-8H2,1-5H3,(H,18,19)(H,20,21). The quantitative estimate of drug-likeness (QED) is 0.790. The predicted octanol–water partition coefficient (Wildman–Crippen LogP) is 3.36. The summed E-state index contributed by atoms with van der Waals surface area (Å²) in [6, 6.07) is -1.17. The molecular weight excluding hydrogens is 287 g/mol. The molecule has 0 aromatic carbocycles. The summed E-state index contributed by atoms with van der Waals surface area (Å²) < 4.78 is 38.1. The molecule has 1 atom stereocenters. The number of halogens is 3. The van der Waals surface area contributed by atoms with Gasteiger partial charge in [0.05, 0.1) is 5.41 Å². The average Bonchev–Trinajstić information content (AvgIpc) is 2.19. The van der Waals surface area contributed by atoms with E-state index >= 15 is 0 Å². The number of alkyl halides is 3. The van der Waals surface area contributed by atoms with Crippen LogP contribution in [0, 0.1) is 10.8 Å². The molecule has 0 radical (unpaired) electrons. The van der Waals surface area contributed by atoms with Crippen molar-refractivity contribution in [2.75, 3.05) is 0 Å². The van der Waals surface area contributed by atoms with Gasteiger partial charge in [-0.1, -0.05) is 34.6 Å². The van der Waals surface area contributed by atoms with Gasteiger partial charge in [-0.15, -0.1) is 0 Å². The Morgan fingerprint density at radius 1 is 1.10 bits per heavy atom. The van der Waals surface area contributed by atoms with Gasteiger partial charge in [0.1, 0.15) is 6.04 Å². The first-order valence-corrected chi connectivity index (χ1v) is 6.75. The number of hydrogen-bond donors (Lipinski definition) is 2. The fourth-order valence-electron chi connectivity index (χ4n) is 1.58. The van der Waals surface area contributed by atoms with Crippen molar-refractivity contribution >= 4 is 11.9 Å². The summed E-state index contributed by atoms with van der Waals surface area (Å²) in [6.45, 7) is 7.58. The molecule has 0 rings (SSSR count). The van der Waals surface area contributed by atoms with E-state index in [1.54, 1.807) is 0 Å².